The van der Waals surface area contributed by atoms with Crippen molar-refractivity contribution in [1.29, 1.82) is 0 Å². The van der Waals surface area contributed by atoms with Crippen LogP contribution in [0.2, 0.25) is 0 Å². The Kier molecular flexibility index (Phi) is 6.44. The van der Waals surface area contributed by atoms with Gasteiger partial charge in [-0.2, -0.15) is 0 Å². The highest BCUT2D eigenvalue weighted by Crippen LogP contribution is 2.71. The number of esters is 2. The van der Waals surface area contributed by atoms with E-state index in [9.17, 15) is 14.7 Å². The second kappa shape index (κ2) is 9.27. The third-order valence-electron chi connectivity index (χ3n) is 6.17. The number of ether oxygens (including phenoxy) is 2. The van der Waals surface area contributed by atoms with Gasteiger partial charge in [0.05, 0.1) is 25.4 Å². The van der Waals surface area contributed by atoms with E-state index >= 15 is 0 Å². The van der Waals surface area contributed by atoms with Crippen LogP contribution in [-0.4, -0.2) is 30.8 Å². The van der Waals surface area contributed by atoms with Crippen LogP contribution >= 0.6 is 15.9 Å². The first-order valence-corrected chi connectivity index (χ1v) is 11.1. The molecular formula is C26H23BrO5. The SMILES string of the molecule is COC(=O)[C@@]1(C(O)c2ccccc2)[C@H](COC(=O)c2ccccc2)[C@H]1c1ccccc1Br. The molecule has 1 aliphatic carbocycles. The molecule has 4 atom stereocenters. The highest BCUT2D eigenvalue weighted by Gasteiger charge is 2.75. The monoisotopic (exact) mass is 494 g/mol. The van der Waals surface area contributed by atoms with E-state index in [0.29, 0.717) is 11.1 Å². The van der Waals surface area contributed by atoms with E-state index < -0.39 is 35.3 Å². The fourth-order valence-electron chi connectivity index (χ4n) is 4.59. The molecule has 3 aromatic carbocycles. The van der Waals surface area contributed by atoms with E-state index in [-0.39, 0.29) is 6.61 Å². The zero-order valence-electron chi connectivity index (χ0n) is 17.5. The topological polar surface area (TPSA) is 72.8 Å². The Morgan fingerprint density at radius 1 is 0.969 bits per heavy atom. The summed E-state index contributed by atoms with van der Waals surface area (Å²) in [5, 5.41) is 11.4. The maximum absolute atomic E-state index is 13.2. The molecule has 1 saturated carbocycles. The largest absolute Gasteiger partial charge is 0.468 e. The lowest BCUT2D eigenvalue weighted by Gasteiger charge is -2.23. The minimum atomic E-state index is -1.28. The lowest BCUT2D eigenvalue weighted by atomic mass is 9.87. The summed E-state index contributed by atoms with van der Waals surface area (Å²) in [6.45, 7) is -0.0290. The Labute approximate surface area is 195 Å². The number of methoxy groups -OCH3 is 1. The molecule has 1 fully saturated rings. The van der Waals surface area contributed by atoms with E-state index in [1.807, 2.05) is 48.5 Å². The lowest BCUT2D eigenvalue weighted by molar-refractivity contribution is -0.154. The summed E-state index contributed by atoms with van der Waals surface area (Å²) in [6.07, 6.45) is -1.13. The molecule has 1 N–H and O–H groups in total. The summed E-state index contributed by atoms with van der Waals surface area (Å²) < 4.78 is 11.6. The molecule has 0 aliphatic heterocycles. The molecule has 1 aliphatic rings. The number of carbonyl (C=O) groups is 2. The van der Waals surface area contributed by atoms with Crippen LogP contribution in [0, 0.1) is 11.3 Å². The molecule has 1 unspecified atom stereocenters. The summed E-state index contributed by atoms with van der Waals surface area (Å²) >= 11 is 3.57. The molecule has 6 heteroatoms. The average Bonchev–Trinajstić information content (AvgIpc) is 3.52. The van der Waals surface area contributed by atoms with Crippen LogP contribution in [0.4, 0.5) is 0 Å². The predicted octanol–water partition coefficient (Wildman–Crippen LogP) is 4.91. The first-order chi connectivity index (χ1) is 15.5. The van der Waals surface area contributed by atoms with Crippen LogP contribution in [0.25, 0.3) is 0 Å². The number of carbonyl (C=O) groups excluding carboxylic acids is 2. The molecule has 164 valence electrons. The minimum Gasteiger partial charge on any atom is -0.468 e. The van der Waals surface area contributed by atoms with Gasteiger partial charge < -0.3 is 14.6 Å². The van der Waals surface area contributed by atoms with E-state index in [4.69, 9.17) is 9.47 Å². The summed E-state index contributed by atoms with van der Waals surface area (Å²) in [7, 11) is 1.31. The van der Waals surface area contributed by atoms with Crippen molar-refractivity contribution in [1.82, 2.24) is 0 Å². The number of benzene rings is 3. The highest BCUT2D eigenvalue weighted by atomic mass is 79.9. The first kappa shape index (κ1) is 22.2. The van der Waals surface area contributed by atoms with Gasteiger partial charge in [0.2, 0.25) is 0 Å². The van der Waals surface area contributed by atoms with Gasteiger partial charge in [-0.1, -0.05) is 82.7 Å². The van der Waals surface area contributed by atoms with Crippen molar-refractivity contribution >= 4 is 27.9 Å². The normalized spacial score (nSPS) is 22.6. The molecule has 3 aromatic rings. The Morgan fingerprint density at radius 3 is 2.19 bits per heavy atom. The number of aliphatic hydroxyl groups is 1. The summed E-state index contributed by atoms with van der Waals surface area (Å²) in [5.74, 6) is -1.87. The smallest absolute Gasteiger partial charge is 0.338 e. The molecule has 0 bridgehead atoms. The standard InChI is InChI=1S/C26H23BrO5/c1-31-25(30)26(23(28)17-10-4-2-5-11-17)20(22(26)19-14-8-9-15-21(19)27)16-32-24(29)18-12-6-3-7-13-18/h2-15,20,22-23,28H,16H2,1H3/t20-,22-,23?,26+/m1/s1. The van der Waals surface area contributed by atoms with Gasteiger partial charge >= 0.3 is 11.9 Å². The van der Waals surface area contributed by atoms with Crippen LogP contribution in [0.3, 0.4) is 0 Å². The summed E-state index contributed by atoms with van der Waals surface area (Å²) in [4.78, 5) is 25.8. The molecule has 32 heavy (non-hydrogen) atoms. The van der Waals surface area contributed by atoms with E-state index in [1.165, 1.54) is 7.11 Å². The maximum Gasteiger partial charge on any atom is 0.338 e. The van der Waals surface area contributed by atoms with Crippen LogP contribution in [0.15, 0.2) is 89.4 Å². The molecule has 0 saturated heterocycles. The molecule has 0 radical (unpaired) electrons. The Balaban J connectivity index is 1.71. The van der Waals surface area contributed by atoms with Crippen LogP contribution in [-0.2, 0) is 14.3 Å². The average molecular weight is 495 g/mol. The Hall–Kier alpha value is -2.96. The fourth-order valence-corrected chi connectivity index (χ4v) is 5.12. The van der Waals surface area contributed by atoms with Gasteiger partial charge in [-0.25, -0.2) is 4.79 Å². The predicted molar refractivity (Wildman–Crippen MR) is 123 cm³/mol. The summed E-state index contributed by atoms with van der Waals surface area (Å²) in [6, 6.07) is 25.3. The van der Waals surface area contributed by atoms with Crippen molar-refractivity contribution in [2.45, 2.75) is 12.0 Å². The van der Waals surface area contributed by atoms with Crippen LogP contribution in [0.1, 0.15) is 33.5 Å². The van der Waals surface area contributed by atoms with Crippen molar-refractivity contribution in [2.24, 2.45) is 11.3 Å². The van der Waals surface area contributed by atoms with Crippen molar-refractivity contribution in [3.8, 4) is 0 Å². The third-order valence-corrected chi connectivity index (χ3v) is 6.89. The van der Waals surface area contributed by atoms with Crippen molar-refractivity contribution in [2.75, 3.05) is 13.7 Å². The van der Waals surface area contributed by atoms with Crippen LogP contribution in [0.5, 0.6) is 0 Å². The van der Waals surface area contributed by atoms with E-state index in [0.717, 1.165) is 10.0 Å². The molecule has 0 aromatic heterocycles. The summed E-state index contributed by atoms with van der Waals surface area (Å²) in [5.41, 5.74) is 0.607. The van der Waals surface area contributed by atoms with Gasteiger partial charge in [-0.15, -0.1) is 0 Å². The van der Waals surface area contributed by atoms with Crippen molar-refractivity contribution < 1.29 is 24.2 Å². The van der Waals surface area contributed by atoms with Crippen molar-refractivity contribution in [3.63, 3.8) is 0 Å². The quantitative estimate of drug-likeness (QED) is 0.472. The second-order valence-corrected chi connectivity index (χ2v) is 8.66. The van der Waals surface area contributed by atoms with Gasteiger partial charge in [0, 0.05) is 16.3 Å². The van der Waals surface area contributed by atoms with Crippen LogP contribution < -0.4 is 0 Å². The third kappa shape index (κ3) is 3.85. The molecular weight excluding hydrogens is 472 g/mol. The van der Waals surface area contributed by atoms with E-state index in [2.05, 4.69) is 15.9 Å². The lowest BCUT2D eigenvalue weighted by Crippen LogP contribution is -2.30. The van der Waals surface area contributed by atoms with Gasteiger partial charge in [0.25, 0.3) is 0 Å². The number of hydrogen-bond acceptors (Lipinski definition) is 5. The molecule has 4 rings (SSSR count). The zero-order chi connectivity index (χ0) is 22.7. The number of halogens is 1. The Morgan fingerprint density at radius 2 is 1.56 bits per heavy atom. The first-order valence-electron chi connectivity index (χ1n) is 10.3. The minimum absolute atomic E-state index is 0.0290. The van der Waals surface area contributed by atoms with Gasteiger partial charge in [-0.05, 0) is 29.3 Å². The number of aliphatic hydroxyl groups excluding tert-OH is 1. The second-order valence-electron chi connectivity index (χ2n) is 7.81. The zero-order valence-corrected chi connectivity index (χ0v) is 19.1. The molecule has 0 heterocycles. The number of hydrogen-bond donors (Lipinski definition) is 1. The van der Waals surface area contributed by atoms with E-state index in [1.54, 1.807) is 36.4 Å². The van der Waals surface area contributed by atoms with Crippen molar-refractivity contribution in [3.05, 3.63) is 106 Å². The van der Waals surface area contributed by atoms with Gasteiger partial charge in [0.1, 0.15) is 5.41 Å². The highest BCUT2D eigenvalue weighted by molar-refractivity contribution is 9.10. The van der Waals surface area contributed by atoms with Gasteiger partial charge in [0.15, 0.2) is 0 Å². The van der Waals surface area contributed by atoms with Gasteiger partial charge in [-0.3, -0.25) is 4.79 Å². The number of rotatable bonds is 7. The fraction of sp³-hybridized carbons (Fsp3) is 0.231. The Bertz CT molecular complexity index is 1100. The molecule has 5 nitrogen and oxygen atoms in total. The maximum atomic E-state index is 13.2. The molecule has 0 amide bonds. The molecule has 0 spiro atoms.